The number of phenols is 1. The summed E-state index contributed by atoms with van der Waals surface area (Å²) in [5.74, 6) is -0.420. The SMILES string of the molecule is CC(C)(C)N(C(=O)[O-])[C@@H](Cc1ccc(O)cc1)C(=O)N1CCC(=O)[C@H]1Sc1ccccc1. The van der Waals surface area contributed by atoms with Gasteiger partial charge in [-0.05, 0) is 50.6 Å². The smallest absolute Gasteiger partial charge is 0.246 e. The van der Waals surface area contributed by atoms with Crippen LogP contribution in [0, 0.1) is 0 Å². The van der Waals surface area contributed by atoms with Crippen LogP contribution in [0.2, 0.25) is 0 Å². The minimum Gasteiger partial charge on any atom is -0.530 e. The Labute approximate surface area is 192 Å². The van der Waals surface area contributed by atoms with Gasteiger partial charge in [0.05, 0.1) is 0 Å². The Morgan fingerprint density at radius 3 is 2.34 bits per heavy atom. The monoisotopic (exact) mass is 455 g/mol. The van der Waals surface area contributed by atoms with Gasteiger partial charge in [0, 0.05) is 29.8 Å². The van der Waals surface area contributed by atoms with Gasteiger partial charge in [-0.1, -0.05) is 42.1 Å². The van der Waals surface area contributed by atoms with Crippen LogP contribution in [0.25, 0.3) is 0 Å². The van der Waals surface area contributed by atoms with Crippen molar-refractivity contribution in [3.8, 4) is 5.75 Å². The predicted octanol–water partition coefficient (Wildman–Crippen LogP) is 2.67. The molecule has 2 atom stereocenters. The summed E-state index contributed by atoms with van der Waals surface area (Å²) in [4.78, 5) is 41.9. The Morgan fingerprint density at radius 1 is 1.16 bits per heavy atom. The van der Waals surface area contributed by atoms with Crippen molar-refractivity contribution >= 4 is 29.5 Å². The quantitative estimate of drug-likeness (QED) is 0.719. The molecule has 0 radical (unpaired) electrons. The molecular weight excluding hydrogens is 428 g/mol. The lowest BCUT2D eigenvalue weighted by Gasteiger charge is -2.44. The zero-order chi connectivity index (χ0) is 23.5. The number of Topliss-reactive ketones (excluding diaryl/α,β-unsaturated/α-hetero) is 1. The van der Waals surface area contributed by atoms with Gasteiger partial charge >= 0.3 is 0 Å². The fraction of sp³-hybridized carbons (Fsp3) is 0.375. The van der Waals surface area contributed by atoms with E-state index in [0.717, 1.165) is 9.80 Å². The summed E-state index contributed by atoms with van der Waals surface area (Å²) in [6.07, 6.45) is -1.13. The van der Waals surface area contributed by atoms with Crippen molar-refractivity contribution in [2.45, 2.75) is 55.5 Å². The summed E-state index contributed by atoms with van der Waals surface area (Å²) < 4.78 is 0. The maximum absolute atomic E-state index is 13.7. The lowest BCUT2D eigenvalue weighted by molar-refractivity contribution is -0.273. The Kier molecular flexibility index (Phi) is 7.13. The van der Waals surface area contributed by atoms with Crippen LogP contribution in [0.15, 0.2) is 59.5 Å². The Morgan fingerprint density at radius 2 is 1.78 bits per heavy atom. The second kappa shape index (κ2) is 9.65. The molecule has 170 valence electrons. The number of amides is 2. The minimum absolute atomic E-state index is 0.0636. The van der Waals surface area contributed by atoms with Crippen molar-refractivity contribution in [2.75, 3.05) is 6.54 Å². The molecule has 7 nitrogen and oxygen atoms in total. The minimum atomic E-state index is -1.45. The van der Waals surface area contributed by atoms with E-state index in [-0.39, 0.29) is 30.9 Å². The molecule has 0 unspecified atom stereocenters. The second-order valence-electron chi connectivity index (χ2n) is 8.72. The van der Waals surface area contributed by atoms with Crippen molar-refractivity contribution < 1.29 is 24.6 Å². The summed E-state index contributed by atoms with van der Waals surface area (Å²) >= 11 is 1.29. The number of carbonyl (C=O) groups is 3. The summed E-state index contributed by atoms with van der Waals surface area (Å²) in [5, 5.41) is 21.0. The molecule has 1 aliphatic rings. The van der Waals surface area contributed by atoms with Crippen LogP contribution in [0.4, 0.5) is 4.79 Å². The molecule has 3 rings (SSSR count). The summed E-state index contributed by atoms with van der Waals surface area (Å²) in [6.45, 7) is 5.33. The largest absolute Gasteiger partial charge is 0.530 e. The van der Waals surface area contributed by atoms with Crippen LogP contribution in [-0.4, -0.2) is 56.2 Å². The van der Waals surface area contributed by atoms with Gasteiger partial charge in [0.2, 0.25) is 5.91 Å². The van der Waals surface area contributed by atoms with E-state index in [1.807, 2.05) is 30.3 Å². The average Bonchev–Trinajstić information content (AvgIpc) is 3.08. The highest BCUT2D eigenvalue weighted by Gasteiger charge is 2.43. The number of carbonyl (C=O) groups excluding carboxylic acids is 3. The van der Waals surface area contributed by atoms with Gasteiger partial charge in [0.15, 0.2) is 5.78 Å². The first-order chi connectivity index (χ1) is 15.1. The number of phenolic OH excluding ortho intramolecular Hbond substituents is 1. The highest BCUT2D eigenvalue weighted by molar-refractivity contribution is 8.00. The molecule has 0 aliphatic carbocycles. The van der Waals surface area contributed by atoms with Gasteiger partial charge < -0.3 is 24.8 Å². The van der Waals surface area contributed by atoms with Crippen molar-refractivity contribution in [3.05, 3.63) is 60.2 Å². The predicted molar refractivity (Wildman–Crippen MR) is 120 cm³/mol. The summed E-state index contributed by atoms with van der Waals surface area (Å²) in [7, 11) is 0. The Balaban J connectivity index is 1.94. The van der Waals surface area contributed by atoms with E-state index in [2.05, 4.69) is 0 Å². The third-order valence-corrected chi connectivity index (χ3v) is 6.60. The molecule has 2 aromatic carbocycles. The zero-order valence-corrected chi connectivity index (χ0v) is 19.2. The van der Waals surface area contributed by atoms with Gasteiger partial charge in [-0.2, -0.15) is 0 Å². The second-order valence-corrected chi connectivity index (χ2v) is 9.88. The van der Waals surface area contributed by atoms with E-state index >= 15 is 0 Å². The third-order valence-electron chi connectivity index (χ3n) is 5.31. The van der Waals surface area contributed by atoms with Crippen molar-refractivity contribution in [1.29, 1.82) is 0 Å². The molecule has 1 fully saturated rings. The van der Waals surface area contributed by atoms with Gasteiger partial charge in [-0.25, -0.2) is 0 Å². The molecule has 1 N–H and O–H groups in total. The van der Waals surface area contributed by atoms with Crippen LogP contribution in [0.1, 0.15) is 32.8 Å². The molecule has 8 heteroatoms. The number of benzene rings is 2. The van der Waals surface area contributed by atoms with E-state index < -0.39 is 29.0 Å². The number of hydrogen-bond donors (Lipinski definition) is 1. The molecule has 0 spiro atoms. The maximum atomic E-state index is 13.7. The van der Waals surface area contributed by atoms with Crippen LogP contribution < -0.4 is 5.11 Å². The van der Waals surface area contributed by atoms with Crippen molar-refractivity contribution in [2.24, 2.45) is 0 Å². The normalized spacial score (nSPS) is 17.3. The van der Waals surface area contributed by atoms with Gasteiger partial charge in [0.1, 0.15) is 23.3 Å². The number of thioether (sulfide) groups is 1. The van der Waals surface area contributed by atoms with E-state index in [1.165, 1.54) is 28.8 Å². The first-order valence-electron chi connectivity index (χ1n) is 10.4. The molecule has 2 amide bonds. The zero-order valence-electron chi connectivity index (χ0n) is 18.4. The first kappa shape index (κ1) is 23.7. The van der Waals surface area contributed by atoms with Crippen LogP contribution in [0.5, 0.6) is 5.75 Å². The number of aromatic hydroxyl groups is 1. The first-order valence-corrected chi connectivity index (χ1v) is 11.3. The highest BCUT2D eigenvalue weighted by Crippen LogP contribution is 2.33. The molecule has 1 saturated heterocycles. The number of carboxylic acid groups (broad SMARTS) is 1. The fourth-order valence-corrected chi connectivity index (χ4v) is 4.99. The third kappa shape index (κ3) is 5.43. The molecule has 0 saturated carbocycles. The Hall–Kier alpha value is -3.00. The topological polar surface area (TPSA) is 101 Å². The lowest BCUT2D eigenvalue weighted by atomic mass is 9.97. The van der Waals surface area contributed by atoms with Gasteiger partial charge in [-0.3, -0.25) is 9.59 Å². The van der Waals surface area contributed by atoms with E-state index in [4.69, 9.17) is 0 Å². The van der Waals surface area contributed by atoms with Gasteiger partial charge in [0.25, 0.3) is 0 Å². The fourth-order valence-electron chi connectivity index (χ4n) is 3.83. The number of likely N-dealkylation sites (tertiary alicyclic amines) is 1. The summed E-state index contributed by atoms with van der Waals surface area (Å²) in [5.41, 5.74) is -0.212. The number of nitrogens with zero attached hydrogens (tertiary/aromatic N) is 2. The standard InChI is InChI=1S/C24H28N2O5S/c1-24(2,3)26(23(30)31)19(15-16-9-11-17(27)12-10-16)21(29)25-14-13-20(28)22(25)32-18-7-5-4-6-8-18/h4-12,19,22,27H,13-15H2,1-3H3,(H,30,31)/p-1/t19-,22+/m0/s1. The molecule has 1 aliphatic heterocycles. The molecular formula is C24H27N2O5S-. The van der Waals surface area contributed by atoms with Crippen LogP contribution in [-0.2, 0) is 16.0 Å². The van der Waals surface area contributed by atoms with Crippen molar-refractivity contribution in [1.82, 2.24) is 9.80 Å². The number of rotatable bonds is 6. The van der Waals surface area contributed by atoms with E-state index in [9.17, 15) is 24.6 Å². The molecule has 0 bridgehead atoms. The highest BCUT2D eigenvalue weighted by atomic mass is 32.2. The molecule has 32 heavy (non-hydrogen) atoms. The van der Waals surface area contributed by atoms with Crippen LogP contribution >= 0.6 is 11.8 Å². The van der Waals surface area contributed by atoms with E-state index in [0.29, 0.717) is 5.56 Å². The van der Waals surface area contributed by atoms with E-state index in [1.54, 1.807) is 32.9 Å². The number of hydrogen-bond acceptors (Lipinski definition) is 6. The molecule has 0 aromatic heterocycles. The number of ketones is 1. The molecule has 1 heterocycles. The van der Waals surface area contributed by atoms with Gasteiger partial charge in [-0.15, -0.1) is 0 Å². The lowest BCUT2D eigenvalue weighted by Crippen LogP contribution is -2.62. The molecule has 2 aromatic rings. The van der Waals surface area contributed by atoms with Crippen molar-refractivity contribution in [3.63, 3.8) is 0 Å². The van der Waals surface area contributed by atoms with Crippen LogP contribution in [0.3, 0.4) is 0 Å². The summed E-state index contributed by atoms with van der Waals surface area (Å²) in [6, 6.07) is 14.5. The average molecular weight is 456 g/mol. The Bertz CT molecular complexity index is 972. The maximum Gasteiger partial charge on any atom is 0.246 e.